The summed E-state index contributed by atoms with van der Waals surface area (Å²) in [6.45, 7) is 5.58. The van der Waals surface area contributed by atoms with E-state index in [1.807, 2.05) is 21.0 Å². The Morgan fingerprint density at radius 2 is 1.62 bits per heavy atom. The summed E-state index contributed by atoms with van der Waals surface area (Å²) in [6.07, 6.45) is 0.0483. The maximum absolute atomic E-state index is 13.7. The smallest absolute Gasteiger partial charge is 0.336 e. The molecular formula is C27H39FN4O8. The van der Waals surface area contributed by atoms with Crippen molar-refractivity contribution in [3.8, 4) is 0 Å². The van der Waals surface area contributed by atoms with Gasteiger partial charge in [-0.1, -0.05) is 0 Å². The van der Waals surface area contributed by atoms with E-state index in [1.165, 1.54) is 12.1 Å². The Balaban J connectivity index is 0.000000366. The van der Waals surface area contributed by atoms with Crippen molar-refractivity contribution in [3.63, 3.8) is 0 Å². The highest BCUT2D eigenvalue weighted by Gasteiger charge is 2.40. The van der Waals surface area contributed by atoms with Crippen LogP contribution in [-0.4, -0.2) is 123 Å². The van der Waals surface area contributed by atoms with Gasteiger partial charge in [0, 0.05) is 35.7 Å². The number of carbonyl (C=O) groups is 4. The molecule has 0 bridgehead atoms. The van der Waals surface area contributed by atoms with Crippen molar-refractivity contribution < 1.29 is 44.0 Å². The van der Waals surface area contributed by atoms with Gasteiger partial charge in [0.2, 0.25) is 5.91 Å². The number of fused-ring (bicyclic) bond motifs is 1. The summed E-state index contributed by atoms with van der Waals surface area (Å²) in [5.74, 6) is -5.15. The number of carbonyl (C=O) groups excluding carboxylic acids is 1. The number of hydrogen-bond acceptors (Lipinski definition) is 7. The molecule has 1 aromatic heterocycles. The van der Waals surface area contributed by atoms with Gasteiger partial charge in [0.1, 0.15) is 5.82 Å². The number of aliphatic hydroxyl groups is 1. The Labute approximate surface area is 232 Å². The van der Waals surface area contributed by atoms with E-state index in [0.717, 1.165) is 61.2 Å². The van der Waals surface area contributed by atoms with Crippen LogP contribution in [0.25, 0.3) is 10.9 Å². The van der Waals surface area contributed by atoms with Crippen molar-refractivity contribution in [2.75, 3.05) is 47.3 Å². The van der Waals surface area contributed by atoms with Crippen LogP contribution in [0, 0.1) is 12.7 Å². The Kier molecular flexibility index (Phi) is 11.6. The number of rotatable bonds is 11. The maximum Gasteiger partial charge on any atom is 0.336 e. The van der Waals surface area contributed by atoms with Gasteiger partial charge in [0.25, 0.3) is 0 Å². The Morgan fingerprint density at radius 1 is 1.05 bits per heavy atom. The molecule has 1 fully saturated rings. The fraction of sp³-hybridized carbons (Fsp3) is 0.556. The molecule has 0 saturated carbocycles. The molecule has 2 heterocycles. The highest BCUT2D eigenvalue weighted by molar-refractivity contribution is 5.90. The summed E-state index contributed by atoms with van der Waals surface area (Å²) in [5.41, 5.74) is 0.00509. The summed E-state index contributed by atoms with van der Waals surface area (Å²) in [6, 6.07) is 5.01. The number of likely N-dealkylation sites (N-methyl/N-ethyl adjacent to an activating group) is 1. The summed E-state index contributed by atoms with van der Waals surface area (Å²) >= 11 is 0. The second-order valence-electron chi connectivity index (χ2n) is 10.5. The van der Waals surface area contributed by atoms with Crippen LogP contribution in [0.1, 0.15) is 36.9 Å². The molecule has 1 amide bonds. The summed E-state index contributed by atoms with van der Waals surface area (Å²) in [5, 5.41) is 34.6. The Bertz CT molecular complexity index is 1190. The summed E-state index contributed by atoms with van der Waals surface area (Å²) in [4.78, 5) is 53.5. The SMILES string of the molecule is Cc1[nH]c2ccc(F)cc2c1CC(=O)N(CCN(C)C)C1CCN(C)CC1.O=C(O)CC(O)(CC(=O)O)C(=O)O. The lowest BCUT2D eigenvalue weighted by Crippen LogP contribution is -2.49. The number of aromatic nitrogens is 1. The highest BCUT2D eigenvalue weighted by Crippen LogP contribution is 2.25. The zero-order valence-electron chi connectivity index (χ0n) is 23.3. The van der Waals surface area contributed by atoms with Gasteiger partial charge >= 0.3 is 17.9 Å². The van der Waals surface area contributed by atoms with Crippen LogP contribution >= 0.6 is 0 Å². The third kappa shape index (κ3) is 9.28. The van der Waals surface area contributed by atoms with Crippen LogP contribution in [0.4, 0.5) is 4.39 Å². The van der Waals surface area contributed by atoms with Crippen molar-refractivity contribution >= 4 is 34.7 Å². The number of carboxylic acids is 3. The number of amides is 1. The first kappa shape index (κ1) is 32.7. The van der Waals surface area contributed by atoms with E-state index in [0.29, 0.717) is 6.42 Å². The molecule has 222 valence electrons. The van der Waals surface area contributed by atoms with E-state index in [1.54, 1.807) is 6.07 Å². The number of nitrogens with zero attached hydrogens (tertiary/aromatic N) is 3. The summed E-state index contributed by atoms with van der Waals surface area (Å²) in [7, 11) is 6.19. The molecular weight excluding hydrogens is 527 g/mol. The number of aromatic amines is 1. The predicted octanol–water partition coefficient (Wildman–Crippen LogP) is 1.39. The number of aliphatic carboxylic acids is 3. The van der Waals surface area contributed by atoms with Crippen molar-refractivity contribution in [1.29, 1.82) is 0 Å². The largest absolute Gasteiger partial charge is 0.481 e. The second-order valence-corrected chi connectivity index (χ2v) is 10.5. The number of piperidine rings is 1. The highest BCUT2D eigenvalue weighted by atomic mass is 19.1. The molecule has 40 heavy (non-hydrogen) atoms. The second kappa shape index (κ2) is 14.2. The number of halogens is 1. The van der Waals surface area contributed by atoms with E-state index in [9.17, 15) is 23.6 Å². The predicted molar refractivity (Wildman–Crippen MR) is 145 cm³/mol. The first-order chi connectivity index (χ1) is 18.6. The van der Waals surface area contributed by atoms with E-state index < -0.39 is 36.4 Å². The van der Waals surface area contributed by atoms with Crippen molar-refractivity contribution in [3.05, 3.63) is 35.3 Å². The van der Waals surface area contributed by atoms with Crippen LogP contribution in [0.5, 0.6) is 0 Å². The lowest BCUT2D eigenvalue weighted by molar-refractivity contribution is -0.170. The number of carboxylic acid groups (broad SMARTS) is 3. The van der Waals surface area contributed by atoms with Gasteiger partial charge in [0.05, 0.1) is 19.3 Å². The molecule has 0 aliphatic carbocycles. The van der Waals surface area contributed by atoms with Gasteiger partial charge in [-0.05, 0) is 77.8 Å². The fourth-order valence-corrected chi connectivity index (χ4v) is 4.67. The van der Waals surface area contributed by atoms with Gasteiger partial charge in [-0.3, -0.25) is 14.4 Å². The minimum atomic E-state index is -2.74. The number of aryl methyl sites for hydroxylation is 1. The molecule has 2 aromatic rings. The van der Waals surface area contributed by atoms with Gasteiger partial charge in [-0.15, -0.1) is 0 Å². The molecule has 13 heteroatoms. The average Bonchev–Trinajstić information content (AvgIpc) is 3.13. The summed E-state index contributed by atoms with van der Waals surface area (Å²) < 4.78 is 13.7. The topological polar surface area (TPSA) is 175 Å². The Morgan fingerprint density at radius 3 is 2.12 bits per heavy atom. The van der Waals surface area contributed by atoms with E-state index in [4.69, 9.17) is 20.4 Å². The van der Waals surface area contributed by atoms with Crippen LogP contribution in [-0.2, 0) is 25.6 Å². The number of nitrogens with one attached hydrogen (secondary N) is 1. The fourth-order valence-electron chi connectivity index (χ4n) is 4.67. The molecule has 3 rings (SSSR count). The molecule has 0 unspecified atom stereocenters. The number of hydrogen-bond donors (Lipinski definition) is 5. The third-order valence-corrected chi connectivity index (χ3v) is 6.93. The first-order valence-corrected chi connectivity index (χ1v) is 12.9. The van der Waals surface area contributed by atoms with Gasteiger partial charge in [0.15, 0.2) is 5.60 Å². The maximum atomic E-state index is 13.7. The molecule has 0 spiro atoms. The Hall–Kier alpha value is -3.55. The molecule has 0 atom stereocenters. The normalized spacial score (nSPS) is 14.6. The number of likely N-dealkylation sites (tertiary alicyclic amines) is 1. The number of benzene rings is 1. The van der Waals surface area contributed by atoms with Gasteiger partial charge < -0.3 is 40.1 Å². The van der Waals surface area contributed by atoms with Crippen LogP contribution in [0.3, 0.4) is 0 Å². The monoisotopic (exact) mass is 566 g/mol. The first-order valence-electron chi connectivity index (χ1n) is 12.9. The molecule has 1 saturated heterocycles. The zero-order chi connectivity index (χ0) is 30.2. The lowest BCUT2D eigenvalue weighted by Gasteiger charge is -2.38. The lowest BCUT2D eigenvalue weighted by atomic mass is 9.96. The van der Waals surface area contributed by atoms with Crippen molar-refractivity contribution in [2.45, 2.75) is 50.7 Å². The minimum absolute atomic E-state index is 0.139. The molecule has 5 N–H and O–H groups in total. The average molecular weight is 567 g/mol. The van der Waals surface area contributed by atoms with E-state index >= 15 is 0 Å². The number of H-pyrrole nitrogens is 1. The molecule has 12 nitrogen and oxygen atoms in total. The third-order valence-electron chi connectivity index (χ3n) is 6.93. The quantitative estimate of drug-likeness (QED) is 0.267. The standard InChI is InChI=1S/C21H31FN4O.C6H8O7/c1-15-18(19-13-16(22)5-6-20(19)23-15)14-21(27)26(12-11-24(2)3)17-7-9-25(4)10-8-17;7-3(8)1-6(13,5(11)12)2-4(9)10/h5-6,13,17,23H,7-12,14H2,1-4H3;13H,1-2H2,(H,7,8)(H,9,10)(H,11,12). The molecule has 1 aliphatic rings. The van der Waals surface area contributed by atoms with Crippen molar-refractivity contribution in [1.82, 2.24) is 19.7 Å². The molecule has 1 aromatic carbocycles. The zero-order valence-corrected chi connectivity index (χ0v) is 23.3. The van der Waals surface area contributed by atoms with Crippen molar-refractivity contribution in [2.24, 2.45) is 0 Å². The molecule has 1 aliphatic heterocycles. The van der Waals surface area contributed by atoms with Crippen LogP contribution in [0.2, 0.25) is 0 Å². The van der Waals surface area contributed by atoms with Gasteiger partial charge in [-0.2, -0.15) is 0 Å². The minimum Gasteiger partial charge on any atom is -0.481 e. The van der Waals surface area contributed by atoms with E-state index in [2.05, 4.69) is 26.7 Å². The van der Waals surface area contributed by atoms with Crippen LogP contribution in [0.15, 0.2) is 18.2 Å². The van der Waals surface area contributed by atoms with E-state index in [-0.39, 0.29) is 17.8 Å². The molecule has 0 radical (unpaired) electrons. The van der Waals surface area contributed by atoms with Crippen LogP contribution < -0.4 is 0 Å². The van der Waals surface area contributed by atoms with Gasteiger partial charge in [-0.25, -0.2) is 9.18 Å².